The van der Waals surface area contributed by atoms with Gasteiger partial charge in [0.25, 0.3) is 0 Å². The summed E-state index contributed by atoms with van der Waals surface area (Å²) >= 11 is 0. The van der Waals surface area contributed by atoms with Crippen molar-refractivity contribution in [3.63, 3.8) is 0 Å². The van der Waals surface area contributed by atoms with Crippen molar-refractivity contribution in [2.24, 2.45) is 0 Å². The van der Waals surface area contributed by atoms with Crippen LogP contribution in [0.2, 0.25) is 0 Å². The lowest BCUT2D eigenvalue weighted by Gasteiger charge is -2.25. The molecule has 0 saturated heterocycles. The van der Waals surface area contributed by atoms with Crippen molar-refractivity contribution < 1.29 is 4.79 Å². The quantitative estimate of drug-likeness (QED) is 0.797. The van der Waals surface area contributed by atoms with Gasteiger partial charge in [-0.3, -0.25) is 9.48 Å². The summed E-state index contributed by atoms with van der Waals surface area (Å²) in [6.07, 6.45) is 7.85. The first-order chi connectivity index (χ1) is 6.79. The molecule has 1 aliphatic rings. The van der Waals surface area contributed by atoms with E-state index in [1.807, 2.05) is 17.8 Å². The van der Waals surface area contributed by atoms with Crippen LogP contribution < -0.4 is 5.32 Å². The second-order valence-electron chi connectivity index (χ2n) is 3.70. The number of carbonyl (C=O) groups excluding carboxylic acids is 1. The standard InChI is InChI=1S/C10H15N3O/c1-2-10(14)12-8-6-11-13(7-8)9-4-3-5-9/h6-7,9H,2-5H2,1H3,(H,12,14). The number of carbonyl (C=O) groups is 1. The third kappa shape index (κ3) is 1.78. The fraction of sp³-hybridized carbons (Fsp3) is 0.600. The third-order valence-electron chi connectivity index (χ3n) is 2.66. The zero-order valence-electron chi connectivity index (χ0n) is 8.36. The van der Waals surface area contributed by atoms with Gasteiger partial charge < -0.3 is 5.32 Å². The van der Waals surface area contributed by atoms with Gasteiger partial charge in [-0.25, -0.2) is 0 Å². The highest BCUT2D eigenvalue weighted by molar-refractivity contribution is 5.90. The first kappa shape index (κ1) is 9.24. The molecule has 14 heavy (non-hydrogen) atoms. The predicted molar refractivity (Wildman–Crippen MR) is 54.0 cm³/mol. The maximum absolute atomic E-state index is 11.1. The number of amides is 1. The highest BCUT2D eigenvalue weighted by Crippen LogP contribution is 2.31. The molecule has 0 unspecified atom stereocenters. The van der Waals surface area contributed by atoms with Gasteiger partial charge >= 0.3 is 0 Å². The van der Waals surface area contributed by atoms with Crippen LogP contribution in [0.5, 0.6) is 0 Å². The number of hydrogen-bond donors (Lipinski definition) is 1. The Morgan fingerprint density at radius 1 is 1.71 bits per heavy atom. The fourth-order valence-electron chi connectivity index (χ4n) is 1.50. The molecule has 1 saturated carbocycles. The van der Waals surface area contributed by atoms with E-state index in [2.05, 4.69) is 10.4 Å². The first-order valence-corrected chi connectivity index (χ1v) is 5.13. The molecule has 2 rings (SSSR count). The summed E-state index contributed by atoms with van der Waals surface area (Å²) in [4.78, 5) is 11.1. The van der Waals surface area contributed by atoms with E-state index < -0.39 is 0 Å². The molecule has 1 heterocycles. The minimum absolute atomic E-state index is 0.0400. The molecule has 0 radical (unpaired) electrons. The summed E-state index contributed by atoms with van der Waals surface area (Å²) in [6.45, 7) is 1.84. The van der Waals surface area contributed by atoms with E-state index in [1.165, 1.54) is 19.3 Å². The Labute approximate surface area is 83.3 Å². The van der Waals surface area contributed by atoms with Gasteiger partial charge in [0.05, 0.1) is 17.9 Å². The first-order valence-electron chi connectivity index (χ1n) is 5.13. The van der Waals surface area contributed by atoms with E-state index in [0.717, 1.165) is 5.69 Å². The molecule has 1 aromatic heterocycles. The van der Waals surface area contributed by atoms with Crippen molar-refractivity contribution in [3.8, 4) is 0 Å². The number of nitrogens with one attached hydrogen (secondary N) is 1. The van der Waals surface area contributed by atoms with E-state index in [1.54, 1.807) is 6.20 Å². The van der Waals surface area contributed by atoms with Gasteiger partial charge in [0.1, 0.15) is 0 Å². The Morgan fingerprint density at radius 2 is 2.50 bits per heavy atom. The second-order valence-corrected chi connectivity index (χ2v) is 3.70. The molecule has 1 fully saturated rings. The minimum atomic E-state index is 0.0400. The van der Waals surface area contributed by atoms with Crippen LogP contribution in [0, 0.1) is 0 Å². The highest BCUT2D eigenvalue weighted by Gasteiger charge is 2.19. The Hall–Kier alpha value is -1.32. The van der Waals surface area contributed by atoms with Gasteiger partial charge in [0, 0.05) is 12.6 Å². The maximum atomic E-state index is 11.1. The van der Waals surface area contributed by atoms with Crippen LogP contribution in [0.4, 0.5) is 5.69 Å². The molecule has 1 amide bonds. The molecule has 0 aliphatic heterocycles. The summed E-state index contributed by atoms with van der Waals surface area (Å²) in [5.41, 5.74) is 0.809. The number of nitrogens with zero attached hydrogens (tertiary/aromatic N) is 2. The van der Waals surface area contributed by atoms with Gasteiger partial charge in [-0.2, -0.15) is 5.10 Å². The van der Waals surface area contributed by atoms with Gasteiger partial charge in [-0.05, 0) is 19.3 Å². The molecule has 0 aromatic carbocycles. The lowest BCUT2D eigenvalue weighted by Crippen LogP contribution is -2.17. The average Bonchev–Trinajstić information content (AvgIpc) is 2.50. The molecule has 0 bridgehead atoms. The van der Waals surface area contributed by atoms with Crippen molar-refractivity contribution in [1.82, 2.24) is 9.78 Å². The molecule has 1 N–H and O–H groups in total. The average molecular weight is 193 g/mol. The van der Waals surface area contributed by atoms with E-state index >= 15 is 0 Å². The molecule has 0 spiro atoms. The largest absolute Gasteiger partial charge is 0.323 e. The van der Waals surface area contributed by atoms with Crippen LogP contribution in [0.1, 0.15) is 38.6 Å². The number of rotatable bonds is 3. The van der Waals surface area contributed by atoms with Crippen molar-refractivity contribution in [1.29, 1.82) is 0 Å². The molecular formula is C10H15N3O. The Kier molecular flexibility index (Phi) is 2.52. The summed E-state index contributed by atoms with van der Waals surface area (Å²) in [5, 5.41) is 7.02. The molecule has 1 aromatic rings. The van der Waals surface area contributed by atoms with Crippen molar-refractivity contribution in [2.75, 3.05) is 5.32 Å². The van der Waals surface area contributed by atoms with Gasteiger partial charge in [0.2, 0.25) is 5.91 Å². The zero-order chi connectivity index (χ0) is 9.97. The topological polar surface area (TPSA) is 46.9 Å². The maximum Gasteiger partial charge on any atom is 0.224 e. The smallest absolute Gasteiger partial charge is 0.224 e. The molecular weight excluding hydrogens is 178 g/mol. The third-order valence-corrected chi connectivity index (χ3v) is 2.66. The predicted octanol–water partition coefficient (Wildman–Crippen LogP) is 1.96. The van der Waals surface area contributed by atoms with E-state index in [0.29, 0.717) is 12.5 Å². The van der Waals surface area contributed by atoms with Crippen molar-refractivity contribution in [3.05, 3.63) is 12.4 Å². The van der Waals surface area contributed by atoms with Gasteiger partial charge in [-0.1, -0.05) is 6.92 Å². The van der Waals surface area contributed by atoms with Crippen LogP contribution in [-0.2, 0) is 4.79 Å². The molecule has 1 aliphatic carbocycles. The van der Waals surface area contributed by atoms with Crippen LogP contribution >= 0.6 is 0 Å². The van der Waals surface area contributed by atoms with Gasteiger partial charge in [-0.15, -0.1) is 0 Å². The molecule has 0 atom stereocenters. The Bertz CT molecular complexity index is 328. The monoisotopic (exact) mass is 193 g/mol. The molecule has 76 valence electrons. The summed E-state index contributed by atoms with van der Waals surface area (Å²) in [5.74, 6) is 0.0400. The number of hydrogen-bond acceptors (Lipinski definition) is 2. The van der Waals surface area contributed by atoms with Crippen LogP contribution in [0.3, 0.4) is 0 Å². The highest BCUT2D eigenvalue weighted by atomic mass is 16.1. The van der Waals surface area contributed by atoms with Crippen LogP contribution in [-0.4, -0.2) is 15.7 Å². The van der Waals surface area contributed by atoms with Crippen LogP contribution in [0.25, 0.3) is 0 Å². The van der Waals surface area contributed by atoms with E-state index in [9.17, 15) is 4.79 Å². The SMILES string of the molecule is CCC(=O)Nc1cnn(C2CCC2)c1. The fourth-order valence-corrected chi connectivity index (χ4v) is 1.50. The normalized spacial score (nSPS) is 16.4. The Morgan fingerprint density at radius 3 is 3.07 bits per heavy atom. The minimum Gasteiger partial charge on any atom is -0.323 e. The summed E-state index contributed by atoms with van der Waals surface area (Å²) in [7, 11) is 0. The Balaban J connectivity index is 1.98. The van der Waals surface area contributed by atoms with Crippen LogP contribution in [0.15, 0.2) is 12.4 Å². The lowest BCUT2D eigenvalue weighted by molar-refractivity contribution is -0.115. The van der Waals surface area contributed by atoms with Crippen molar-refractivity contribution >= 4 is 11.6 Å². The number of aromatic nitrogens is 2. The second kappa shape index (κ2) is 3.82. The summed E-state index contributed by atoms with van der Waals surface area (Å²) in [6, 6.07) is 0.558. The zero-order valence-corrected chi connectivity index (χ0v) is 8.36. The lowest BCUT2D eigenvalue weighted by atomic mass is 9.93. The molecule has 4 nitrogen and oxygen atoms in total. The summed E-state index contributed by atoms with van der Waals surface area (Å²) < 4.78 is 1.95. The van der Waals surface area contributed by atoms with E-state index in [-0.39, 0.29) is 5.91 Å². The van der Waals surface area contributed by atoms with E-state index in [4.69, 9.17) is 0 Å². The van der Waals surface area contributed by atoms with Crippen molar-refractivity contribution in [2.45, 2.75) is 38.6 Å². The number of anilines is 1. The molecule has 4 heteroatoms. The van der Waals surface area contributed by atoms with Gasteiger partial charge in [0.15, 0.2) is 0 Å².